The Labute approximate surface area is 172 Å². The number of carbonyl (C=O) groups excluding carboxylic acids is 3. The van der Waals surface area contributed by atoms with E-state index >= 15 is 0 Å². The molecule has 0 unspecified atom stereocenters. The predicted molar refractivity (Wildman–Crippen MR) is 112 cm³/mol. The van der Waals surface area contributed by atoms with Gasteiger partial charge in [0.2, 0.25) is 5.91 Å². The molecular weight excluding hydrogens is 396 g/mol. The Bertz CT molecular complexity index is 840. The Morgan fingerprint density at radius 2 is 1.79 bits per heavy atom. The number of primary amides is 1. The van der Waals surface area contributed by atoms with Crippen LogP contribution >= 0.6 is 23.5 Å². The summed E-state index contributed by atoms with van der Waals surface area (Å²) in [6.45, 7) is 3.35. The lowest BCUT2D eigenvalue weighted by Crippen LogP contribution is -2.25. The van der Waals surface area contributed by atoms with E-state index in [2.05, 4.69) is 5.32 Å². The van der Waals surface area contributed by atoms with Crippen LogP contribution in [-0.2, 0) is 19.1 Å². The van der Waals surface area contributed by atoms with Crippen molar-refractivity contribution in [3.63, 3.8) is 0 Å². The van der Waals surface area contributed by atoms with Gasteiger partial charge in [-0.25, -0.2) is 0 Å². The zero-order valence-corrected chi connectivity index (χ0v) is 17.3. The molecule has 0 bridgehead atoms. The lowest BCUT2D eigenvalue weighted by Gasteiger charge is -2.13. The van der Waals surface area contributed by atoms with Crippen LogP contribution in [0, 0.1) is 6.92 Å². The zero-order chi connectivity index (χ0) is 20.5. The molecular formula is C20H22N2O4S2. The highest BCUT2D eigenvalue weighted by molar-refractivity contribution is 8.00. The van der Waals surface area contributed by atoms with Gasteiger partial charge < -0.3 is 15.8 Å². The van der Waals surface area contributed by atoms with Crippen LogP contribution in [0.15, 0.2) is 58.3 Å². The minimum absolute atomic E-state index is 0.107. The first-order chi connectivity index (χ1) is 13.3. The van der Waals surface area contributed by atoms with Crippen molar-refractivity contribution in [1.82, 2.24) is 0 Å². The topological polar surface area (TPSA) is 98.5 Å². The standard InChI is InChI=1S/C20H22N2O4S2/c1-13-7-9-15(10-8-13)28-14(2)20(25)26-11-19(24)22-16-5-3-4-6-17(16)27-12-18(21)23/h3-10,14H,11-12H2,1-2H3,(H2,21,23)(H,22,24)/t14-/m1/s1. The van der Waals surface area contributed by atoms with Gasteiger partial charge in [0.1, 0.15) is 5.25 Å². The summed E-state index contributed by atoms with van der Waals surface area (Å²) < 4.78 is 5.12. The second-order valence-electron chi connectivity index (χ2n) is 5.98. The number of nitrogens with two attached hydrogens (primary N) is 1. The highest BCUT2D eigenvalue weighted by Gasteiger charge is 2.18. The lowest BCUT2D eigenvalue weighted by molar-refractivity contribution is -0.146. The van der Waals surface area contributed by atoms with E-state index in [1.54, 1.807) is 31.2 Å². The van der Waals surface area contributed by atoms with E-state index in [4.69, 9.17) is 10.5 Å². The van der Waals surface area contributed by atoms with Crippen LogP contribution in [0.25, 0.3) is 0 Å². The maximum Gasteiger partial charge on any atom is 0.319 e. The van der Waals surface area contributed by atoms with Crippen LogP contribution in [0.5, 0.6) is 0 Å². The number of amides is 2. The Morgan fingerprint density at radius 3 is 2.46 bits per heavy atom. The molecule has 2 aromatic rings. The van der Waals surface area contributed by atoms with E-state index in [9.17, 15) is 14.4 Å². The Morgan fingerprint density at radius 1 is 1.11 bits per heavy atom. The molecule has 0 fully saturated rings. The van der Waals surface area contributed by atoms with Gasteiger partial charge in [-0.15, -0.1) is 23.5 Å². The molecule has 0 saturated heterocycles. The normalized spacial score (nSPS) is 11.5. The third kappa shape index (κ3) is 7.28. The van der Waals surface area contributed by atoms with Gasteiger partial charge in [-0.05, 0) is 38.1 Å². The maximum atomic E-state index is 12.1. The number of aryl methyl sites for hydroxylation is 1. The van der Waals surface area contributed by atoms with Crippen molar-refractivity contribution in [2.45, 2.75) is 28.9 Å². The largest absolute Gasteiger partial charge is 0.455 e. The molecule has 148 valence electrons. The molecule has 3 N–H and O–H groups in total. The van der Waals surface area contributed by atoms with Crippen LogP contribution in [0.3, 0.4) is 0 Å². The first-order valence-corrected chi connectivity index (χ1v) is 10.4. The monoisotopic (exact) mass is 418 g/mol. The van der Waals surface area contributed by atoms with E-state index in [1.165, 1.54) is 23.5 Å². The summed E-state index contributed by atoms with van der Waals surface area (Å²) in [7, 11) is 0. The van der Waals surface area contributed by atoms with Gasteiger partial charge in [0, 0.05) is 9.79 Å². The summed E-state index contributed by atoms with van der Waals surface area (Å²) in [5, 5.41) is 2.25. The van der Waals surface area contributed by atoms with Gasteiger partial charge >= 0.3 is 5.97 Å². The molecule has 0 aliphatic rings. The number of rotatable bonds is 9. The average Bonchev–Trinajstić information content (AvgIpc) is 2.67. The molecule has 0 radical (unpaired) electrons. The van der Waals surface area contributed by atoms with Gasteiger partial charge in [0.05, 0.1) is 11.4 Å². The molecule has 2 aromatic carbocycles. The minimum Gasteiger partial charge on any atom is -0.455 e. The van der Waals surface area contributed by atoms with Crippen molar-refractivity contribution in [3.8, 4) is 0 Å². The Kier molecular flexibility index (Phi) is 8.41. The third-order valence-corrected chi connectivity index (χ3v) is 5.73. The second kappa shape index (κ2) is 10.8. The zero-order valence-electron chi connectivity index (χ0n) is 15.6. The van der Waals surface area contributed by atoms with Crippen molar-refractivity contribution in [3.05, 3.63) is 54.1 Å². The lowest BCUT2D eigenvalue weighted by atomic mass is 10.2. The summed E-state index contributed by atoms with van der Waals surface area (Å²) >= 11 is 2.60. The van der Waals surface area contributed by atoms with Gasteiger partial charge in [-0.3, -0.25) is 14.4 Å². The fourth-order valence-corrected chi connectivity index (χ4v) is 3.77. The van der Waals surface area contributed by atoms with Crippen molar-refractivity contribution < 1.29 is 19.1 Å². The Balaban J connectivity index is 1.84. The first-order valence-electron chi connectivity index (χ1n) is 8.55. The number of ether oxygens (including phenoxy) is 1. The van der Waals surface area contributed by atoms with Gasteiger partial charge in [-0.2, -0.15) is 0 Å². The number of nitrogens with one attached hydrogen (secondary N) is 1. The number of hydrogen-bond acceptors (Lipinski definition) is 6. The van der Waals surface area contributed by atoms with E-state index in [1.807, 2.05) is 31.2 Å². The molecule has 6 nitrogen and oxygen atoms in total. The molecule has 0 spiro atoms. The highest BCUT2D eigenvalue weighted by Crippen LogP contribution is 2.27. The number of hydrogen-bond donors (Lipinski definition) is 2. The SMILES string of the molecule is Cc1ccc(S[C@H](C)C(=O)OCC(=O)Nc2ccccc2SCC(N)=O)cc1. The summed E-state index contributed by atoms with van der Waals surface area (Å²) in [5.41, 5.74) is 6.84. The number of para-hydroxylation sites is 1. The van der Waals surface area contributed by atoms with E-state index in [0.717, 1.165) is 10.5 Å². The molecule has 8 heteroatoms. The summed E-state index contributed by atoms with van der Waals surface area (Å²) in [4.78, 5) is 36.9. The number of carbonyl (C=O) groups is 3. The van der Waals surface area contributed by atoms with Crippen LogP contribution in [-0.4, -0.2) is 35.4 Å². The second-order valence-corrected chi connectivity index (χ2v) is 8.41. The third-order valence-electron chi connectivity index (χ3n) is 3.54. The molecule has 0 heterocycles. The molecule has 0 saturated carbocycles. The smallest absolute Gasteiger partial charge is 0.319 e. The molecule has 2 amide bonds. The molecule has 2 rings (SSSR count). The summed E-state index contributed by atoms with van der Waals surface area (Å²) in [6, 6.07) is 14.9. The van der Waals surface area contributed by atoms with E-state index < -0.39 is 23.0 Å². The van der Waals surface area contributed by atoms with E-state index in [-0.39, 0.29) is 12.4 Å². The average molecular weight is 419 g/mol. The van der Waals surface area contributed by atoms with Gasteiger partial charge in [-0.1, -0.05) is 29.8 Å². The number of benzene rings is 2. The predicted octanol–water partition coefficient (Wildman–Crippen LogP) is 3.23. The number of thioether (sulfide) groups is 2. The summed E-state index contributed by atoms with van der Waals surface area (Å²) in [5.74, 6) is -1.25. The fraction of sp³-hybridized carbons (Fsp3) is 0.250. The first kappa shape index (κ1) is 21.8. The molecule has 28 heavy (non-hydrogen) atoms. The van der Waals surface area contributed by atoms with Crippen molar-refractivity contribution >= 4 is 47.0 Å². The van der Waals surface area contributed by atoms with Crippen LogP contribution in [0.4, 0.5) is 5.69 Å². The molecule has 1 atom stereocenters. The van der Waals surface area contributed by atoms with Crippen molar-refractivity contribution in [2.75, 3.05) is 17.7 Å². The molecule has 0 aliphatic carbocycles. The van der Waals surface area contributed by atoms with Gasteiger partial charge in [0.25, 0.3) is 5.91 Å². The van der Waals surface area contributed by atoms with Crippen LogP contribution in [0.1, 0.15) is 12.5 Å². The molecule has 0 aliphatic heterocycles. The quantitative estimate of drug-likeness (QED) is 0.479. The number of esters is 1. The van der Waals surface area contributed by atoms with Gasteiger partial charge in [0.15, 0.2) is 6.61 Å². The number of anilines is 1. The van der Waals surface area contributed by atoms with Crippen molar-refractivity contribution in [2.24, 2.45) is 5.73 Å². The van der Waals surface area contributed by atoms with Crippen LogP contribution < -0.4 is 11.1 Å². The highest BCUT2D eigenvalue weighted by atomic mass is 32.2. The van der Waals surface area contributed by atoms with Crippen molar-refractivity contribution in [1.29, 1.82) is 0 Å². The Hall–Kier alpha value is -2.45. The maximum absolute atomic E-state index is 12.1. The summed E-state index contributed by atoms with van der Waals surface area (Å²) in [6.07, 6.45) is 0. The minimum atomic E-state index is -0.461. The fourth-order valence-electron chi connectivity index (χ4n) is 2.15. The molecule has 0 aromatic heterocycles. The van der Waals surface area contributed by atoms with Crippen LogP contribution in [0.2, 0.25) is 0 Å². The van der Waals surface area contributed by atoms with E-state index in [0.29, 0.717) is 10.6 Å².